The predicted molar refractivity (Wildman–Crippen MR) is 76.7 cm³/mol. The van der Waals surface area contributed by atoms with Crippen LogP contribution in [-0.2, 0) is 11.2 Å². The lowest BCUT2D eigenvalue weighted by atomic mass is 9.83. The number of nitrogens with zero attached hydrogens (tertiary/aromatic N) is 1. The van der Waals surface area contributed by atoms with E-state index in [9.17, 15) is 9.59 Å². The van der Waals surface area contributed by atoms with Crippen molar-refractivity contribution < 1.29 is 14.7 Å². The average Bonchev–Trinajstić information content (AvgIpc) is 2.40. The molecule has 0 aromatic heterocycles. The number of carbonyl (C=O) groups is 2. The van der Waals surface area contributed by atoms with E-state index >= 15 is 0 Å². The molecule has 1 N–H and O–H groups in total. The Bertz CT molecular complexity index is 494. The fraction of sp³-hybridized carbons (Fsp3) is 0.500. The first-order chi connectivity index (χ1) is 9.58. The Hall–Kier alpha value is -1.84. The summed E-state index contributed by atoms with van der Waals surface area (Å²) >= 11 is 0. The summed E-state index contributed by atoms with van der Waals surface area (Å²) in [7, 11) is 1.80. The van der Waals surface area contributed by atoms with Gasteiger partial charge in [0.2, 0.25) is 5.91 Å². The van der Waals surface area contributed by atoms with Crippen LogP contribution in [0.1, 0.15) is 41.6 Å². The molecule has 1 fully saturated rings. The smallest absolute Gasteiger partial charge is 0.335 e. The van der Waals surface area contributed by atoms with Crippen LogP contribution in [0.2, 0.25) is 0 Å². The molecule has 0 saturated heterocycles. The molecule has 1 aromatic carbocycles. The zero-order valence-corrected chi connectivity index (χ0v) is 11.8. The van der Waals surface area contributed by atoms with Gasteiger partial charge in [0.15, 0.2) is 0 Å². The van der Waals surface area contributed by atoms with Crippen molar-refractivity contribution in [2.45, 2.75) is 32.1 Å². The number of hydrogen-bond donors (Lipinski definition) is 1. The van der Waals surface area contributed by atoms with Gasteiger partial charge in [-0.05, 0) is 36.8 Å². The fourth-order valence-electron chi connectivity index (χ4n) is 2.46. The van der Waals surface area contributed by atoms with Gasteiger partial charge in [0.1, 0.15) is 0 Å². The SMILES string of the molecule is CN(CCc1ccccc1C(=O)O)C(=O)CC1CCC1. The van der Waals surface area contributed by atoms with Crippen LogP contribution in [0.5, 0.6) is 0 Å². The topological polar surface area (TPSA) is 57.6 Å². The van der Waals surface area contributed by atoms with E-state index in [4.69, 9.17) is 5.11 Å². The number of rotatable bonds is 6. The summed E-state index contributed by atoms with van der Waals surface area (Å²) in [5.74, 6) is -0.178. The van der Waals surface area contributed by atoms with Crippen LogP contribution in [0.4, 0.5) is 0 Å². The number of benzene rings is 1. The van der Waals surface area contributed by atoms with Gasteiger partial charge in [-0.1, -0.05) is 24.6 Å². The molecule has 0 unspecified atom stereocenters. The van der Waals surface area contributed by atoms with E-state index in [-0.39, 0.29) is 5.91 Å². The van der Waals surface area contributed by atoms with Gasteiger partial charge >= 0.3 is 5.97 Å². The fourth-order valence-corrected chi connectivity index (χ4v) is 2.46. The van der Waals surface area contributed by atoms with Gasteiger partial charge in [-0.3, -0.25) is 4.79 Å². The van der Waals surface area contributed by atoms with Crippen LogP contribution in [0.3, 0.4) is 0 Å². The molecule has 0 radical (unpaired) electrons. The molecule has 0 heterocycles. The number of carboxylic acids is 1. The zero-order valence-electron chi connectivity index (χ0n) is 11.8. The maximum absolute atomic E-state index is 12.0. The van der Waals surface area contributed by atoms with E-state index in [2.05, 4.69) is 0 Å². The average molecular weight is 275 g/mol. The summed E-state index contributed by atoms with van der Waals surface area (Å²) in [5, 5.41) is 9.12. The summed E-state index contributed by atoms with van der Waals surface area (Å²) in [4.78, 5) is 24.8. The molecule has 4 heteroatoms. The van der Waals surface area contributed by atoms with E-state index < -0.39 is 5.97 Å². The minimum absolute atomic E-state index is 0.169. The summed E-state index contributed by atoms with van der Waals surface area (Å²) < 4.78 is 0. The second-order valence-corrected chi connectivity index (χ2v) is 5.53. The Kier molecular flexibility index (Phi) is 4.77. The van der Waals surface area contributed by atoms with Crippen LogP contribution in [0.25, 0.3) is 0 Å². The molecule has 0 aliphatic heterocycles. The highest BCUT2D eigenvalue weighted by Crippen LogP contribution is 2.29. The van der Waals surface area contributed by atoms with E-state index in [1.54, 1.807) is 24.1 Å². The van der Waals surface area contributed by atoms with Gasteiger partial charge in [-0.2, -0.15) is 0 Å². The largest absolute Gasteiger partial charge is 0.478 e. The highest BCUT2D eigenvalue weighted by molar-refractivity contribution is 5.89. The summed E-state index contributed by atoms with van der Waals surface area (Å²) in [5.41, 5.74) is 1.11. The highest BCUT2D eigenvalue weighted by Gasteiger charge is 2.22. The molecule has 1 saturated carbocycles. The highest BCUT2D eigenvalue weighted by atomic mass is 16.4. The first kappa shape index (κ1) is 14.6. The Morgan fingerprint density at radius 2 is 2.00 bits per heavy atom. The van der Waals surface area contributed by atoms with Crippen molar-refractivity contribution in [1.82, 2.24) is 4.90 Å². The number of hydrogen-bond acceptors (Lipinski definition) is 2. The number of likely N-dealkylation sites (N-methyl/N-ethyl adjacent to an activating group) is 1. The molecular weight excluding hydrogens is 254 g/mol. The Balaban J connectivity index is 1.87. The zero-order chi connectivity index (χ0) is 14.5. The van der Waals surface area contributed by atoms with Crippen molar-refractivity contribution in [3.05, 3.63) is 35.4 Å². The first-order valence-electron chi connectivity index (χ1n) is 7.13. The molecule has 0 bridgehead atoms. The van der Waals surface area contributed by atoms with Gasteiger partial charge in [0.05, 0.1) is 5.56 Å². The Morgan fingerprint density at radius 3 is 2.60 bits per heavy atom. The lowest BCUT2D eigenvalue weighted by Crippen LogP contribution is -2.31. The van der Waals surface area contributed by atoms with Gasteiger partial charge in [-0.25, -0.2) is 4.79 Å². The van der Waals surface area contributed by atoms with Gasteiger partial charge in [0, 0.05) is 20.0 Å². The quantitative estimate of drug-likeness (QED) is 0.868. The van der Waals surface area contributed by atoms with Crippen molar-refractivity contribution in [3.8, 4) is 0 Å². The molecule has 108 valence electrons. The van der Waals surface area contributed by atoms with Crippen molar-refractivity contribution in [3.63, 3.8) is 0 Å². The Labute approximate surface area is 119 Å². The molecule has 1 aromatic rings. The summed E-state index contributed by atoms with van der Waals surface area (Å²) in [6, 6.07) is 6.97. The minimum atomic E-state index is -0.913. The standard InChI is InChI=1S/C16H21NO3/c1-17(15(18)11-12-5-4-6-12)10-9-13-7-2-3-8-14(13)16(19)20/h2-3,7-8,12H,4-6,9-11H2,1H3,(H,19,20). The summed E-state index contributed by atoms with van der Waals surface area (Å²) in [6.45, 7) is 0.565. The number of carboxylic acid groups (broad SMARTS) is 1. The van der Waals surface area contributed by atoms with Gasteiger partial charge in [-0.15, -0.1) is 0 Å². The van der Waals surface area contributed by atoms with Crippen molar-refractivity contribution in [2.24, 2.45) is 5.92 Å². The van der Waals surface area contributed by atoms with Crippen molar-refractivity contribution in [2.75, 3.05) is 13.6 Å². The van der Waals surface area contributed by atoms with E-state index in [1.165, 1.54) is 19.3 Å². The summed E-state index contributed by atoms with van der Waals surface area (Å²) in [6.07, 6.45) is 4.79. The Morgan fingerprint density at radius 1 is 1.30 bits per heavy atom. The van der Waals surface area contributed by atoms with Crippen molar-refractivity contribution >= 4 is 11.9 Å². The molecule has 20 heavy (non-hydrogen) atoms. The third-order valence-electron chi connectivity index (χ3n) is 4.08. The van der Waals surface area contributed by atoms with Gasteiger partial charge < -0.3 is 10.0 Å². The molecule has 1 aliphatic rings. The number of carbonyl (C=O) groups excluding carboxylic acids is 1. The van der Waals surface area contributed by atoms with Crippen LogP contribution in [0, 0.1) is 5.92 Å². The second-order valence-electron chi connectivity index (χ2n) is 5.53. The maximum Gasteiger partial charge on any atom is 0.335 e. The first-order valence-corrected chi connectivity index (χ1v) is 7.13. The third kappa shape index (κ3) is 3.59. The second kappa shape index (κ2) is 6.55. The molecule has 0 spiro atoms. The lowest BCUT2D eigenvalue weighted by molar-refractivity contribution is -0.131. The normalized spacial score (nSPS) is 14.7. The lowest BCUT2D eigenvalue weighted by Gasteiger charge is -2.27. The van der Waals surface area contributed by atoms with E-state index in [0.717, 1.165) is 5.56 Å². The number of amides is 1. The maximum atomic E-state index is 12.0. The predicted octanol–water partition coefficient (Wildman–Crippen LogP) is 2.58. The molecule has 1 aliphatic carbocycles. The molecular formula is C16H21NO3. The molecule has 4 nitrogen and oxygen atoms in total. The van der Waals surface area contributed by atoms with Crippen molar-refractivity contribution in [1.29, 1.82) is 0 Å². The molecule has 2 rings (SSSR count). The van der Waals surface area contributed by atoms with E-state index in [0.29, 0.717) is 30.9 Å². The van der Waals surface area contributed by atoms with E-state index in [1.807, 2.05) is 12.1 Å². The van der Waals surface area contributed by atoms with Crippen LogP contribution in [0.15, 0.2) is 24.3 Å². The minimum Gasteiger partial charge on any atom is -0.478 e. The van der Waals surface area contributed by atoms with Crippen LogP contribution >= 0.6 is 0 Å². The number of aromatic carboxylic acids is 1. The molecule has 0 atom stereocenters. The third-order valence-corrected chi connectivity index (χ3v) is 4.08. The molecule has 1 amide bonds. The van der Waals surface area contributed by atoms with Gasteiger partial charge in [0.25, 0.3) is 0 Å². The monoisotopic (exact) mass is 275 g/mol. The van der Waals surface area contributed by atoms with Crippen LogP contribution < -0.4 is 0 Å². The van der Waals surface area contributed by atoms with Crippen LogP contribution in [-0.4, -0.2) is 35.5 Å².